The highest BCUT2D eigenvalue weighted by Crippen LogP contribution is 2.43. The highest BCUT2D eigenvalue weighted by molar-refractivity contribution is 5.97. The highest BCUT2D eigenvalue weighted by atomic mass is 16.5. The molecule has 1 atom stereocenters. The van der Waals surface area contributed by atoms with Crippen molar-refractivity contribution in [2.24, 2.45) is 0 Å². The lowest BCUT2D eigenvalue weighted by molar-refractivity contribution is 0.335. The van der Waals surface area contributed by atoms with Crippen LogP contribution in [0.3, 0.4) is 0 Å². The van der Waals surface area contributed by atoms with Crippen molar-refractivity contribution in [1.82, 2.24) is 4.98 Å². The van der Waals surface area contributed by atoms with Crippen molar-refractivity contribution < 1.29 is 9.15 Å². The molecule has 116 valence electrons. The van der Waals surface area contributed by atoms with E-state index in [2.05, 4.69) is 18.0 Å². The predicted octanol–water partition coefficient (Wildman–Crippen LogP) is 3.97. The Kier molecular flexibility index (Phi) is 3.01. The van der Waals surface area contributed by atoms with Crippen molar-refractivity contribution in [3.8, 4) is 16.9 Å². The molecule has 1 aromatic carbocycles. The van der Waals surface area contributed by atoms with E-state index in [1.165, 1.54) is 5.56 Å². The van der Waals surface area contributed by atoms with Crippen molar-refractivity contribution in [3.63, 3.8) is 0 Å². The maximum absolute atomic E-state index is 12.3. The molecule has 1 aliphatic rings. The lowest BCUT2D eigenvalue weighted by Crippen LogP contribution is -2.07. The number of benzene rings is 1. The number of aryl methyl sites for hydroxylation is 1. The Bertz CT molecular complexity index is 974. The molecule has 0 saturated carbocycles. The topological polar surface area (TPSA) is 52.3 Å². The smallest absolute Gasteiger partial charge is 0.339 e. The first-order valence-corrected chi connectivity index (χ1v) is 7.72. The quantitative estimate of drug-likeness (QED) is 0.638. The number of pyridine rings is 1. The van der Waals surface area contributed by atoms with Crippen LogP contribution in [0.4, 0.5) is 0 Å². The summed E-state index contributed by atoms with van der Waals surface area (Å²) in [5, 5.41) is 0.948. The first-order chi connectivity index (χ1) is 11.1. The van der Waals surface area contributed by atoms with E-state index in [1.807, 2.05) is 19.1 Å². The summed E-state index contributed by atoms with van der Waals surface area (Å²) in [5.41, 5.74) is 4.79. The first kappa shape index (κ1) is 14.0. The molecule has 23 heavy (non-hydrogen) atoms. The highest BCUT2D eigenvalue weighted by Gasteiger charge is 2.26. The molecule has 4 heteroatoms. The average molecular weight is 307 g/mol. The predicted molar refractivity (Wildman–Crippen MR) is 89.1 cm³/mol. The Morgan fingerprint density at radius 2 is 2.09 bits per heavy atom. The van der Waals surface area contributed by atoms with Gasteiger partial charge in [0.05, 0.1) is 6.61 Å². The van der Waals surface area contributed by atoms with Crippen LogP contribution in [0.2, 0.25) is 0 Å². The molecule has 4 nitrogen and oxygen atoms in total. The van der Waals surface area contributed by atoms with Crippen LogP contribution in [0.15, 0.2) is 39.8 Å². The fourth-order valence-corrected chi connectivity index (χ4v) is 3.34. The minimum atomic E-state index is -0.314. The van der Waals surface area contributed by atoms with Crippen LogP contribution in [0, 0.1) is 13.8 Å². The summed E-state index contributed by atoms with van der Waals surface area (Å²) in [4.78, 5) is 16.5. The summed E-state index contributed by atoms with van der Waals surface area (Å²) < 4.78 is 11.4. The zero-order chi connectivity index (χ0) is 16.1. The van der Waals surface area contributed by atoms with Crippen LogP contribution >= 0.6 is 0 Å². The van der Waals surface area contributed by atoms with Gasteiger partial charge in [-0.25, -0.2) is 4.79 Å². The third kappa shape index (κ3) is 1.98. The van der Waals surface area contributed by atoms with Crippen LogP contribution in [0.1, 0.15) is 29.5 Å². The molecule has 1 aliphatic heterocycles. The van der Waals surface area contributed by atoms with Crippen molar-refractivity contribution >= 4 is 11.0 Å². The van der Waals surface area contributed by atoms with Gasteiger partial charge in [-0.15, -0.1) is 0 Å². The van der Waals surface area contributed by atoms with Gasteiger partial charge in [0.15, 0.2) is 0 Å². The van der Waals surface area contributed by atoms with Gasteiger partial charge >= 0.3 is 5.63 Å². The normalized spacial score (nSPS) is 16.4. The first-order valence-electron chi connectivity index (χ1n) is 7.72. The summed E-state index contributed by atoms with van der Waals surface area (Å²) >= 11 is 0. The summed E-state index contributed by atoms with van der Waals surface area (Å²) in [7, 11) is 0. The van der Waals surface area contributed by atoms with Gasteiger partial charge in [0.1, 0.15) is 11.3 Å². The maximum atomic E-state index is 12.3. The largest absolute Gasteiger partial charge is 0.492 e. The van der Waals surface area contributed by atoms with Crippen LogP contribution in [0.5, 0.6) is 5.75 Å². The molecule has 0 bridgehead atoms. The minimum absolute atomic E-state index is 0.314. The summed E-state index contributed by atoms with van der Waals surface area (Å²) in [6, 6.07) is 5.95. The van der Waals surface area contributed by atoms with E-state index in [4.69, 9.17) is 9.15 Å². The molecule has 0 amide bonds. The zero-order valence-electron chi connectivity index (χ0n) is 13.3. The molecule has 0 radical (unpaired) electrons. The molecule has 0 saturated heterocycles. The Balaban J connectivity index is 2.17. The number of hydrogen-bond acceptors (Lipinski definition) is 4. The van der Waals surface area contributed by atoms with Crippen molar-refractivity contribution in [2.45, 2.75) is 26.7 Å². The Morgan fingerprint density at radius 3 is 2.83 bits per heavy atom. The summed E-state index contributed by atoms with van der Waals surface area (Å²) in [6.07, 6.45) is 3.51. The molecule has 0 spiro atoms. The lowest BCUT2D eigenvalue weighted by Gasteiger charge is -2.13. The molecule has 0 N–H and O–H groups in total. The lowest BCUT2D eigenvalue weighted by atomic mass is 9.93. The second kappa shape index (κ2) is 4.95. The van der Waals surface area contributed by atoms with Gasteiger partial charge in [0.2, 0.25) is 0 Å². The maximum Gasteiger partial charge on any atom is 0.339 e. The Hall–Kier alpha value is -2.62. The van der Waals surface area contributed by atoms with E-state index in [0.717, 1.165) is 27.8 Å². The molecule has 3 heterocycles. The van der Waals surface area contributed by atoms with Crippen LogP contribution < -0.4 is 10.4 Å². The van der Waals surface area contributed by atoms with Crippen LogP contribution in [-0.2, 0) is 0 Å². The average Bonchev–Trinajstić information content (AvgIpc) is 2.92. The number of aromatic nitrogens is 1. The molecule has 1 unspecified atom stereocenters. The van der Waals surface area contributed by atoms with Crippen LogP contribution in [-0.4, -0.2) is 11.6 Å². The molecular formula is C19H17NO3. The third-order valence-corrected chi connectivity index (χ3v) is 4.59. The van der Waals surface area contributed by atoms with Gasteiger partial charge in [0.25, 0.3) is 0 Å². The second-order valence-electron chi connectivity index (χ2n) is 6.14. The number of ether oxygens (including phenoxy) is 1. The van der Waals surface area contributed by atoms with Crippen molar-refractivity contribution in [3.05, 3.63) is 57.7 Å². The van der Waals surface area contributed by atoms with Crippen molar-refractivity contribution in [2.75, 3.05) is 6.61 Å². The standard InChI is InChI=1S/C19H17NO3/c1-10-9-22-17-12(3)18-15(7-14(10)17)16(11(2)19(21)23-18)13-5-4-6-20-8-13/h4-8,10H,9H2,1-3H3. The molecule has 4 rings (SSSR count). The molecule has 2 aromatic heterocycles. The van der Waals surface area contributed by atoms with Gasteiger partial charge in [-0.05, 0) is 26.0 Å². The van der Waals surface area contributed by atoms with Crippen molar-refractivity contribution in [1.29, 1.82) is 0 Å². The third-order valence-electron chi connectivity index (χ3n) is 4.59. The number of fused-ring (bicyclic) bond motifs is 2. The fraction of sp³-hybridized carbons (Fsp3) is 0.263. The molecular weight excluding hydrogens is 290 g/mol. The number of hydrogen-bond donors (Lipinski definition) is 0. The van der Waals surface area contributed by atoms with E-state index in [-0.39, 0.29) is 5.63 Å². The fourth-order valence-electron chi connectivity index (χ4n) is 3.34. The SMILES string of the molecule is Cc1c(-c2cccnc2)c2cc3c(c(C)c2oc1=O)OCC3C. The van der Waals surface area contributed by atoms with Gasteiger partial charge in [-0.1, -0.05) is 13.0 Å². The van der Waals surface area contributed by atoms with E-state index >= 15 is 0 Å². The molecule has 0 aliphatic carbocycles. The minimum Gasteiger partial charge on any atom is -0.492 e. The number of rotatable bonds is 1. The Labute approximate surface area is 133 Å². The second-order valence-corrected chi connectivity index (χ2v) is 6.14. The van der Waals surface area contributed by atoms with Gasteiger partial charge in [0, 0.05) is 51.5 Å². The zero-order valence-corrected chi connectivity index (χ0v) is 13.3. The van der Waals surface area contributed by atoms with E-state index in [1.54, 1.807) is 19.3 Å². The van der Waals surface area contributed by atoms with Gasteiger partial charge in [-0.3, -0.25) is 4.98 Å². The number of nitrogens with zero attached hydrogens (tertiary/aromatic N) is 1. The Morgan fingerprint density at radius 1 is 1.26 bits per heavy atom. The van der Waals surface area contributed by atoms with Crippen LogP contribution in [0.25, 0.3) is 22.1 Å². The van der Waals surface area contributed by atoms with E-state index in [0.29, 0.717) is 23.7 Å². The summed E-state index contributed by atoms with van der Waals surface area (Å²) in [5.74, 6) is 1.19. The summed E-state index contributed by atoms with van der Waals surface area (Å²) in [6.45, 7) is 6.56. The molecule has 0 fully saturated rings. The van der Waals surface area contributed by atoms with E-state index < -0.39 is 0 Å². The van der Waals surface area contributed by atoms with Gasteiger partial charge in [-0.2, -0.15) is 0 Å². The molecule has 3 aromatic rings. The van der Waals surface area contributed by atoms with Gasteiger partial charge < -0.3 is 9.15 Å². The monoisotopic (exact) mass is 307 g/mol. The van der Waals surface area contributed by atoms with E-state index in [9.17, 15) is 4.79 Å².